The van der Waals surface area contributed by atoms with Gasteiger partial charge in [0.1, 0.15) is 6.04 Å². The van der Waals surface area contributed by atoms with Crippen LogP contribution in [0.3, 0.4) is 0 Å². The average molecular weight is 215 g/mol. The van der Waals surface area contributed by atoms with Crippen LogP contribution in [0.4, 0.5) is 0 Å². The zero-order valence-corrected chi connectivity index (χ0v) is 9.08. The van der Waals surface area contributed by atoms with Gasteiger partial charge in [-0.3, -0.25) is 9.59 Å². The second-order valence-electron chi connectivity index (χ2n) is 3.32. The average Bonchev–Trinajstić information content (AvgIpc) is 2.28. The van der Waals surface area contributed by atoms with Crippen LogP contribution in [0, 0.1) is 0 Å². The number of carbonyl (C=O) groups excluding carboxylic acids is 2. The van der Waals surface area contributed by atoms with Gasteiger partial charge in [0.2, 0.25) is 11.8 Å². The Morgan fingerprint density at radius 2 is 2.20 bits per heavy atom. The lowest BCUT2D eigenvalue weighted by molar-refractivity contribution is -0.147. The van der Waals surface area contributed by atoms with Crippen molar-refractivity contribution in [3.05, 3.63) is 0 Å². The van der Waals surface area contributed by atoms with Crippen molar-refractivity contribution in [3.8, 4) is 0 Å². The molecule has 0 radical (unpaired) electrons. The number of ether oxygens (including phenoxy) is 1. The van der Waals surface area contributed by atoms with Gasteiger partial charge in [-0.2, -0.15) is 0 Å². The highest BCUT2D eigenvalue weighted by molar-refractivity contribution is 5.88. The van der Waals surface area contributed by atoms with Crippen molar-refractivity contribution in [2.45, 2.75) is 6.04 Å². The van der Waals surface area contributed by atoms with Crippen LogP contribution in [0.1, 0.15) is 0 Å². The molecule has 0 saturated carbocycles. The molecule has 1 atom stereocenters. The molecule has 1 unspecified atom stereocenters. The van der Waals surface area contributed by atoms with Crippen molar-refractivity contribution < 1.29 is 14.3 Å². The van der Waals surface area contributed by atoms with E-state index < -0.39 is 6.04 Å². The molecule has 0 spiro atoms. The van der Waals surface area contributed by atoms with E-state index in [0.29, 0.717) is 13.2 Å². The number of nitrogens with zero attached hydrogens (tertiary/aromatic N) is 1. The molecule has 1 aliphatic rings. The molecule has 0 aliphatic carbocycles. The predicted octanol–water partition coefficient (Wildman–Crippen LogP) is -1.82. The van der Waals surface area contributed by atoms with Gasteiger partial charge in [-0.1, -0.05) is 0 Å². The molecule has 6 nitrogen and oxygen atoms in total. The fourth-order valence-corrected chi connectivity index (χ4v) is 1.54. The molecule has 1 aliphatic heterocycles. The van der Waals surface area contributed by atoms with E-state index in [0.717, 1.165) is 0 Å². The van der Waals surface area contributed by atoms with E-state index in [1.54, 1.807) is 19.0 Å². The maximum atomic E-state index is 11.7. The summed E-state index contributed by atoms with van der Waals surface area (Å²) in [7, 11) is 3.25. The van der Waals surface area contributed by atoms with Gasteiger partial charge in [0.15, 0.2) is 0 Å². The number of amides is 2. The van der Waals surface area contributed by atoms with Crippen LogP contribution in [0.15, 0.2) is 0 Å². The Morgan fingerprint density at radius 3 is 2.80 bits per heavy atom. The van der Waals surface area contributed by atoms with Crippen LogP contribution < -0.4 is 10.6 Å². The van der Waals surface area contributed by atoms with Gasteiger partial charge in [0, 0.05) is 13.6 Å². The SMILES string of the molecule is CNCC(=O)N1CCOCC1C(=O)NC. The highest BCUT2D eigenvalue weighted by Gasteiger charge is 2.31. The first-order valence-electron chi connectivity index (χ1n) is 4.94. The Hall–Kier alpha value is -1.14. The fourth-order valence-electron chi connectivity index (χ4n) is 1.54. The Kier molecular flexibility index (Phi) is 4.51. The Balaban J connectivity index is 2.65. The minimum atomic E-state index is -0.496. The fraction of sp³-hybridized carbons (Fsp3) is 0.778. The van der Waals surface area contributed by atoms with E-state index in [1.165, 1.54) is 0 Å². The minimum absolute atomic E-state index is 0.0746. The van der Waals surface area contributed by atoms with Crippen LogP contribution in [0.2, 0.25) is 0 Å². The standard InChI is InChI=1S/C9H17N3O3/c1-10-5-8(13)12-3-4-15-6-7(12)9(14)11-2/h7,10H,3-6H2,1-2H3,(H,11,14). The molecule has 86 valence electrons. The molecule has 1 fully saturated rings. The first kappa shape index (κ1) is 11.9. The summed E-state index contributed by atoms with van der Waals surface area (Å²) in [5.74, 6) is -0.256. The molecule has 6 heteroatoms. The quantitative estimate of drug-likeness (QED) is 0.581. The molecule has 1 heterocycles. The largest absolute Gasteiger partial charge is 0.377 e. The number of morpholine rings is 1. The van der Waals surface area contributed by atoms with Crippen LogP contribution in [-0.2, 0) is 14.3 Å². The lowest BCUT2D eigenvalue weighted by Gasteiger charge is -2.34. The summed E-state index contributed by atoms with van der Waals surface area (Å²) in [5.41, 5.74) is 0. The van der Waals surface area contributed by atoms with Crippen LogP contribution in [-0.4, -0.2) is 63.2 Å². The number of rotatable bonds is 3. The molecule has 15 heavy (non-hydrogen) atoms. The van der Waals surface area contributed by atoms with Crippen molar-refractivity contribution in [2.24, 2.45) is 0 Å². The van der Waals surface area contributed by atoms with Crippen LogP contribution in [0.25, 0.3) is 0 Å². The summed E-state index contributed by atoms with van der Waals surface area (Å²) in [6.07, 6.45) is 0. The van der Waals surface area contributed by atoms with E-state index in [9.17, 15) is 9.59 Å². The molecule has 2 N–H and O–H groups in total. The second kappa shape index (κ2) is 5.67. The predicted molar refractivity (Wildman–Crippen MR) is 54.3 cm³/mol. The second-order valence-corrected chi connectivity index (χ2v) is 3.32. The third-order valence-corrected chi connectivity index (χ3v) is 2.33. The van der Waals surface area contributed by atoms with Gasteiger partial charge in [-0.25, -0.2) is 0 Å². The molecule has 0 bridgehead atoms. The Bertz CT molecular complexity index is 245. The summed E-state index contributed by atoms with van der Waals surface area (Å²) in [6.45, 7) is 1.48. The summed E-state index contributed by atoms with van der Waals surface area (Å²) in [4.78, 5) is 24.7. The summed E-state index contributed by atoms with van der Waals surface area (Å²) >= 11 is 0. The van der Waals surface area contributed by atoms with Gasteiger partial charge in [-0.15, -0.1) is 0 Å². The first-order chi connectivity index (χ1) is 7.20. The van der Waals surface area contributed by atoms with E-state index in [2.05, 4.69) is 10.6 Å². The third kappa shape index (κ3) is 2.90. The van der Waals surface area contributed by atoms with Crippen molar-refractivity contribution in [1.82, 2.24) is 15.5 Å². The lowest BCUT2D eigenvalue weighted by Crippen LogP contribution is -2.56. The maximum absolute atomic E-state index is 11.7. The molecular formula is C9H17N3O3. The number of carbonyl (C=O) groups is 2. The topological polar surface area (TPSA) is 70.7 Å². The maximum Gasteiger partial charge on any atom is 0.244 e. The lowest BCUT2D eigenvalue weighted by atomic mass is 10.2. The first-order valence-corrected chi connectivity index (χ1v) is 4.94. The highest BCUT2D eigenvalue weighted by atomic mass is 16.5. The van der Waals surface area contributed by atoms with Gasteiger partial charge in [0.05, 0.1) is 19.8 Å². The Morgan fingerprint density at radius 1 is 1.47 bits per heavy atom. The number of hydrogen-bond donors (Lipinski definition) is 2. The van der Waals surface area contributed by atoms with E-state index in [4.69, 9.17) is 4.74 Å². The number of nitrogens with one attached hydrogen (secondary N) is 2. The van der Waals surface area contributed by atoms with E-state index in [1.807, 2.05) is 0 Å². The van der Waals surface area contributed by atoms with Crippen molar-refractivity contribution in [1.29, 1.82) is 0 Å². The molecule has 0 aromatic carbocycles. The monoisotopic (exact) mass is 215 g/mol. The van der Waals surface area contributed by atoms with E-state index in [-0.39, 0.29) is 25.0 Å². The minimum Gasteiger partial charge on any atom is -0.377 e. The smallest absolute Gasteiger partial charge is 0.244 e. The van der Waals surface area contributed by atoms with Crippen molar-refractivity contribution in [2.75, 3.05) is 40.4 Å². The van der Waals surface area contributed by atoms with Gasteiger partial charge < -0.3 is 20.3 Å². The Labute approximate surface area is 88.9 Å². The highest BCUT2D eigenvalue weighted by Crippen LogP contribution is 2.07. The molecule has 1 rings (SSSR count). The van der Waals surface area contributed by atoms with Gasteiger partial charge in [0.25, 0.3) is 0 Å². The van der Waals surface area contributed by atoms with Crippen molar-refractivity contribution >= 4 is 11.8 Å². The summed E-state index contributed by atoms with van der Waals surface area (Å²) < 4.78 is 5.19. The van der Waals surface area contributed by atoms with Crippen LogP contribution >= 0.6 is 0 Å². The summed E-state index contributed by atoms with van der Waals surface area (Å²) in [6, 6.07) is -0.496. The zero-order valence-electron chi connectivity index (χ0n) is 9.08. The number of likely N-dealkylation sites (N-methyl/N-ethyl adjacent to an activating group) is 2. The van der Waals surface area contributed by atoms with Crippen molar-refractivity contribution in [3.63, 3.8) is 0 Å². The normalized spacial score (nSPS) is 21.2. The van der Waals surface area contributed by atoms with Gasteiger partial charge >= 0.3 is 0 Å². The molecule has 0 aromatic rings. The van der Waals surface area contributed by atoms with Gasteiger partial charge in [-0.05, 0) is 7.05 Å². The molecule has 2 amide bonds. The third-order valence-electron chi connectivity index (χ3n) is 2.33. The van der Waals surface area contributed by atoms with Crippen LogP contribution in [0.5, 0.6) is 0 Å². The summed E-state index contributed by atoms with van der Waals surface area (Å²) in [5, 5.41) is 5.31. The molecule has 1 saturated heterocycles. The molecule has 0 aromatic heterocycles. The van der Waals surface area contributed by atoms with E-state index >= 15 is 0 Å². The zero-order chi connectivity index (χ0) is 11.3. The number of hydrogen-bond acceptors (Lipinski definition) is 4. The molecular weight excluding hydrogens is 198 g/mol.